The molecule has 0 radical (unpaired) electrons. The van der Waals surface area contributed by atoms with Gasteiger partial charge in [0.25, 0.3) is 0 Å². The van der Waals surface area contributed by atoms with Gasteiger partial charge in [0.05, 0.1) is 17.0 Å². The van der Waals surface area contributed by atoms with E-state index in [0.29, 0.717) is 0 Å². The topological polar surface area (TPSA) is 43.9 Å². The van der Waals surface area contributed by atoms with Gasteiger partial charge in [0, 0.05) is 157 Å². The summed E-state index contributed by atoms with van der Waals surface area (Å²) >= 11 is 0. The van der Waals surface area contributed by atoms with Crippen molar-refractivity contribution in [2.45, 2.75) is 274 Å². The Balaban J connectivity index is 0.000000209. The molecule has 0 spiro atoms. The Morgan fingerprint density at radius 2 is 0.495 bits per heavy atom. The summed E-state index contributed by atoms with van der Waals surface area (Å²) in [5.74, 6) is 0. The van der Waals surface area contributed by atoms with Crippen LogP contribution in [-0.2, 0) is 52.9 Å². The van der Waals surface area contributed by atoms with Gasteiger partial charge in [0.2, 0.25) is 0 Å². The highest BCUT2D eigenvalue weighted by Gasteiger charge is 2.18. The molecule has 9 nitrogen and oxygen atoms in total. The third kappa shape index (κ3) is 28.0. The molecule has 0 saturated heterocycles. The van der Waals surface area contributed by atoms with Crippen molar-refractivity contribution < 1.29 is 36.5 Å². The fourth-order valence-electron chi connectivity index (χ4n) is 12.7. The summed E-state index contributed by atoms with van der Waals surface area (Å²) in [5.41, 5.74) is 14.8. The highest BCUT2D eigenvalue weighted by atomic mass is 15.0. The van der Waals surface area contributed by atoms with Crippen LogP contribution in [0.2, 0.25) is 0 Å². The monoisotopic (exact) mass is 1310 g/mol. The van der Waals surface area contributed by atoms with Crippen LogP contribution in [0.4, 0.5) is 0 Å². The zero-order chi connectivity index (χ0) is 68.3. The van der Waals surface area contributed by atoms with Crippen molar-refractivity contribution in [2.24, 2.45) is 7.05 Å². The van der Waals surface area contributed by atoms with E-state index in [1.165, 1.54) is 224 Å². The van der Waals surface area contributed by atoms with E-state index in [9.17, 15) is 0 Å². The predicted molar refractivity (Wildman–Crippen MR) is 401 cm³/mol. The zero-order valence-corrected chi connectivity index (χ0v) is 61.8. The molecule has 0 aliphatic rings. The molecule has 0 bridgehead atoms. The van der Waals surface area contributed by atoms with Crippen molar-refractivity contribution in [2.75, 3.05) is 0 Å². The quantitative estimate of drug-likeness (QED) is 0.0278. The lowest BCUT2D eigenvalue weighted by Gasteiger charge is -2.09. The molecule has 9 aromatic heterocycles. The fourth-order valence-corrected chi connectivity index (χ4v) is 12.7. The molecule has 516 valence electrons. The number of aryl methyl sites for hydroxylation is 8. The Kier molecular flexibility index (Phi) is 36.2. The minimum Gasteiger partial charge on any atom is -0.248 e. The molecule has 0 aliphatic carbocycles. The van der Waals surface area contributed by atoms with Gasteiger partial charge < -0.3 is 0 Å². The molecule has 0 aromatic carbocycles. The number of hydrogen-bond acceptors (Lipinski definition) is 1. The Labute approximate surface area is 588 Å². The lowest BCUT2D eigenvalue weighted by atomic mass is 9.97. The SMILES string of the molecule is CCCCCC[n+]1ccc(-c2cc(-c3cc[n+](CCCCCC)cc3)c[n+](CCCCCC)c2)cc1.CCCCCC[n+]1ccc(-c2cc[n+](CCCCCC)cc2-c2cc[n+](CCCCCC)cc2)cc1.CCCCCC[n+]1ccc(-c2cccc(-c3cc[n+](C)cc3)n2)cc1. The lowest BCUT2D eigenvalue weighted by Crippen LogP contribution is -2.34. The molecule has 97 heavy (non-hydrogen) atoms. The number of hydrogen-bond donors (Lipinski definition) is 0. The summed E-state index contributed by atoms with van der Waals surface area (Å²) in [4.78, 5) is 4.84. The minimum atomic E-state index is 1.01. The molecule has 9 heterocycles. The second kappa shape index (κ2) is 45.8. The predicted octanol–water partition coefficient (Wildman–Crippen LogP) is 19.4. The molecular weight excluding hydrogens is 1180 g/mol. The summed E-state index contributed by atoms with van der Waals surface area (Å²) in [7, 11) is 2.02. The second-order valence-electron chi connectivity index (χ2n) is 27.3. The van der Waals surface area contributed by atoms with Crippen LogP contribution in [0.5, 0.6) is 0 Å². The first-order valence-electron chi connectivity index (χ1n) is 38.7. The van der Waals surface area contributed by atoms with Crippen LogP contribution in [0.25, 0.3) is 67.0 Å². The molecule has 9 rings (SSSR count). The van der Waals surface area contributed by atoms with Crippen molar-refractivity contribution in [3.63, 3.8) is 0 Å². The van der Waals surface area contributed by atoms with Crippen molar-refractivity contribution in [3.05, 3.63) is 202 Å². The van der Waals surface area contributed by atoms with Crippen LogP contribution in [-0.4, -0.2) is 4.98 Å². The highest BCUT2D eigenvalue weighted by molar-refractivity contribution is 5.81. The van der Waals surface area contributed by atoms with Crippen molar-refractivity contribution in [1.29, 1.82) is 0 Å². The normalized spacial score (nSPS) is 11.1. The summed E-state index contributed by atoms with van der Waals surface area (Å²) in [5, 5.41) is 0. The van der Waals surface area contributed by atoms with Crippen molar-refractivity contribution in [3.8, 4) is 67.0 Å². The van der Waals surface area contributed by atoms with Gasteiger partial charge in [0.1, 0.15) is 52.9 Å². The van der Waals surface area contributed by atoms with Crippen molar-refractivity contribution in [1.82, 2.24) is 4.98 Å². The Morgan fingerprint density at radius 1 is 0.227 bits per heavy atom. The smallest absolute Gasteiger partial charge is 0.177 e. The largest absolute Gasteiger partial charge is 0.248 e. The van der Waals surface area contributed by atoms with Gasteiger partial charge in [-0.2, -0.15) is 0 Å². The van der Waals surface area contributed by atoms with Gasteiger partial charge in [0.15, 0.2) is 99.1 Å². The summed E-state index contributed by atoms with van der Waals surface area (Å²) in [6.45, 7) is 23.6. The van der Waals surface area contributed by atoms with Crippen LogP contribution in [0, 0.1) is 0 Å². The van der Waals surface area contributed by atoms with E-state index in [1.54, 1.807) is 0 Å². The average molecular weight is 1310 g/mol. The molecule has 9 aromatic rings. The maximum Gasteiger partial charge on any atom is 0.177 e. The van der Waals surface area contributed by atoms with Gasteiger partial charge in [-0.1, -0.05) is 144 Å². The standard InChI is InChI=1S/2C33H50N3.C22H27N3/c1-4-7-10-13-21-34-24-16-30(17-25-34)32-20-28-36(23-15-12-9-6-3)29-33(32)31-18-26-35(27-19-31)22-14-11-8-5-2;1-4-7-10-13-20-34-23-16-30(17-24-34)32-27-33(29-36(28-32)22-15-12-9-6-3)31-18-25-35(26-19-31)21-14-11-8-5-2;1-3-4-5-6-14-25-17-12-20(13-18-25)22-9-7-8-21(23-22)19-10-15-24(2)16-11-19/h16-20,24-29H,4-15,21-23H2,1-3H3;16-19,23-29H,4-15,20-22H2,1-3H3;7-13,15-18H,3-6,14H2,1-2H3/q2*+3;+2. The molecule has 0 unspecified atom stereocenters. The lowest BCUT2D eigenvalue weighted by molar-refractivity contribution is -0.697. The molecule has 0 N–H and O–H groups in total. The van der Waals surface area contributed by atoms with E-state index < -0.39 is 0 Å². The van der Waals surface area contributed by atoms with Gasteiger partial charge >= 0.3 is 0 Å². The van der Waals surface area contributed by atoms with E-state index in [2.05, 4.69) is 270 Å². The Bertz CT molecular complexity index is 3450. The van der Waals surface area contributed by atoms with Crippen LogP contribution in [0.3, 0.4) is 0 Å². The van der Waals surface area contributed by atoms with Gasteiger partial charge in [-0.15, -0.1) is 0 Å². The third-order valence-corrected chi connectivity index (χ3v) is 18.9. The molecule has 0 amide bonds. The molecule has 0 atom stereocenters. The summed E-state index contributed by atoms with van der Waals surface area (Å²) < 4.78 is 18.4. The highest BCUT2D eigenvalue weighted by Crippen LogP contribution is 2.31. The van der Waals surface area contributed by atoms with Crippen LogP contribution >= 0.6 is 0 Å². The maximum absolute atomic E-state index is 4.84. The zero-order valence-electron chi connectivity index (χ0n) is 61.8. The minimum absolute atomic E-state index is 1.01. The Hall–Kier alpha value is -7.65. The maximum atomic E-state index is 4.84. The first-order valence-corrected chi connectivity index (χ1v) is 38.7. The van der Waals surface area contributed by atoms with Crippen LogP contribution in [0.1, 0.15) is 228 Å². The molecule has 0 aliphatic heterocycles. The van der Waals surface area contributed by atoms with Crippen LogP contribution in [0.15, 0.2) is 202 Å². The average Bonchev–Trinajstić information content (AvgIpc) is 0.839. The Morgan fingerprint density at radius 3 is 0.825 bits per heavy atom. The second-order valence-corrected chi connectivity index (χ2v) is 27.3. The van der Waals surface area contributed by atoms with E-state index in [0.717, 1.165) is 68.3 Å². The van der Waals surface area contributed by atoms with Gasteiger partial charge in [-0.3, -0.25) is 0 Å². The molecule has 0 fully saturated rings. The molecule has 0 saturated carbocycles. The number of rotatable bonds is 41. The number of aromatic nitrogens is 9. The summed E-state index contributed by atoms with van der Waals surface area (Å²) in [6.07, 6.45) is 72.1. The number of unbranched alkanes of at least 4 members (excludes halogenated alkanes) is 21. The third-order valence-electron chi connectivity index (χ3n) is 18.9. The number of pyridine rings is 9. The van der Waals surface area contributed by atoms with Crippen molar-refractivity contribution >= 4 is 0 Å². The van der Waals surface area contributed by atoms with Gasteiger partial charge in [-0.05, 0) is 79.8 Å². The summed E-state index contributed by atoms with van der Waals surface area (Å²) in [6, 6.07) is 37.8. The molecule has 9 heteroatoms. The first kappa shape index (κ1) is 76.7. The molecular formula is C88H127N9+8. The van der Waals surface area contributed by atoms with E-state index in [1.807, 2.05) is 24.0 Å². The fraction of sp³-hybridized carbons (Fsp3) is 0.489. The van der Waals surface area contributed by atoms with E-state index in [4.69, 9.17) is 4.98 Å². The first-order chi connectivity index (χ1) is 47.7. The number of nitrogens with zero attached hydrogens (tertiary/aromatic N) is 9. The van der Waals surface area contributed by atoms with E-state index in [-0.39, 0.29) is 0 Å². The van der Waals surface area contributed by atoms with E-state index >= 15 is 0 Å². The van der Waals surface area contributed by atoms with Crippen LogP contribution < -0.4 is 36.5 Å². The van der Waals surface area contributed by atoms with Gasteiger partial charge in [-0.25, -0.2) is 41.5 Å².